The molecular formula is C15H26N4O2. The van der Waals surface area contributed by atoms with E-state index in [0.717, 1.165) is 25.3 Å². The van der Waals surface area contributed by atoms with Crippen LogP contribution < -0.4 is 5.32 Å². The average molecular weight is 294 g/mol. The maximum atomic E-state index is 12.4. The molecule has 0 radical (unpaired) electrons. The van der Waals surface area contributed by atoms with Gasteiger partial charge in [-0.25, -0.2) is 4.68 Å². The first-order valence-electron chi connectivity index (χ1n) is 7.66. The Bertz CT molecular complexity index is 484. The first-order valence-corrected chi connectivity index (χ1v) is 7.66. The number of anilines is 1. The van der Waals surface area contributed by atoms with Crippen molar-refractivity contribution >= 4 is 11.7 Å². The maximum Gasteiger partial charge on any atom is 0.242 e. The summed E-state index contributed by atoms with van der Waals surface area (Å²) < 4.78 is 1.80. The van der Waals surface area contributed by atoms with Gasteiger partial charge < -0.3 is 10.4 Å². The van der Waals surface area contributed by atoms with Gasteiger partial charge in [0.1, 0.15) is 5.82 Å². The van der Waals surface area contributed by atoms with Gasteiger partial charge >= 0.3 is 0 Å². The highest BCUT2D eigenvalue weighted by molar-refractivity contribution is 5.93. The van der Waals surface area contributed by atoms with Crippen LogP contribution in [0, 0.1) is 5.92 Å². The van der Waals surface area contributed by atoms with Crippen LogP contribution in [0.2, 0.25) is 0 Å². The van der Waals surface area contributed by atoms with Gasteiger partial charge in [-0.1, -0.05) is 0 Å². The summed E-state index contributed by atoms with van der Waals surface area (Å²) in [7, 11) is 0. The molecule has 0 bridgehead atoms. The Morgan fingerprint density at radius 1 is 1.43 bits per heavy atom. The largest absolute Gasteiger partial charge is 0.393 e. The highest BCUT2D eigenvalue weighted by atomic mass is 16.3. The van der Waals surface area contributed by atoms with Crippen molar-refractivity contribution in [2.45, 2.75) is 52.3 Å². The van der Waals surface area contributed by atoms with Crippen LogP contribution in [0.15, 0.2) is 12.3 Å². The topological polar surface area (TPSA) is 70.4 Å². The fourth-order valence-electron chi connectivity index (χ4n) is 2.78. The van der Waals surface area contributed by atoms with E-state index in [1.807, 2.05) is 33.8 Å². The number of aromatic nitrogens is 2. The van der Waals surface area contributed by atoms with Gasteiger partial charge in [-0.3, -0.25) is 9.69 Å². The molecular weight excluding hydrogens is 268 g/mol. The predicted octanol–water partition coefficient (Wildman–Crippen LogP) is 1.49. The second-order valence-electron chi connectivity index (χ2n) is 6.20. The van der Waals surface area contributed by atoms with Gasteiger partial charge in [0.05, 0.1) is 18.3 Å². The van der Waals surface area contributed by atoms with Crippen LogP contribution in [0.1, 0.15) is 40.2 Å². The Labute approximate surface area is 126 Å². The molecule has 1 saturated heterocycles. The van der Waals surface area contributed by atoms with Gasteiger partial charge in [-0.05, 0) is 46.6 Å². The molecule has 3 atom stereocenters. The summed E-state index contributed by atoms with van der Waals surface area (Å²) in [4.78, 5) is 14.5. The number of aliphatic hydroxyl groups excluding tert-OH is 1. The number of likely N-dealkylation sites (tertiary alicyclic amines) is 1. The van der Waals surface area contributed by atoms with E-state index in [1.165, 1.54) is 0 Å². The monoisotopic (exact) mass is 294 g/mol. The van der Waals surface area contributed by atoms with Gasteiger partial charge in [0.2, 0.25) is 5.91 Å². The van der Waals surface area contributed by atoms with Gasteiger partial charge in [0, 0.05) is 18.7 Å². The number of hydrogen-bond donors (Lipinski definition) is 2. The molecule has 2 rings (SSSR count). The van der Waals surface area contributed by atoms with E-state index >= 15 is 0 Å². The highest BCUT2D eigenvalue weighted by Crippen LogP contribution is 2.22. The van der Waals surface area contributed by atoms with E-state index in [1.54, 1.807) is 10.9 Å². The van der Waals surface area contributed by atoms with Crippen LogP contribution in [0.5, 0.6) is 0 Å². The van der Waals surface area contributed by atoms with Crippen LogP contribution in [-0.4, -0.2) is 50.9 Å². The van der Waals surface area contributed by atoms with Crippen molar-refractivity contribution in [3.05, 3.63) is 12.3 Å². The van der Waals surface area contributed by atoms with Crippen LogP contribution in [0.4, 0.5) is 5.82 Å². The third kappa shape index (κ3) is 3.63. The lowest BCUT2D eigenvalue weighted by Crippen LogP contribution is -2.41. The van der Waals surface area contributed by atoms with Crippen LogP contribution >= 0.6 is 0 Å². The molecule has 6 heteroatoms. The fraction of sp³-hybridized carbons (Fsp3) is 0.733. The minimum absolute atomic E-state index is 0.0244. The molecule has 1 aliphatic rings. The Kier molecular flexibility index (Phi) is 5.00. The number of nitrogens with zero attached hydrogens (tertiary/aromatic N) is 3. The van der Waals surface area contributed by atoms with Gasteiger partial charge in [-0.15, -0.1) is 0 Å². The molecule has 118 valence electrons. The zero-order valence-corrected chi connectivity index (χ0v) is 13.3. The molecule has 0 aromatic carbocycles. The van der Waals surface area contributed by atoms with Crippen molar-refractivity contribution in [3.63, 3.8) is 0 Å². The normalized spacial score (nSPS) is 22.5. The Hall–Kier alpha value is -1.40. The highest BCUT2D eigenvalue weighted by Gasteiger charge is 2.31. The molecule has 6 nitrogen and oxygen atoms in total. The standard InChI is InChI=1S/C15H26N4O2/c1-10(2)19-14(5-7-16-19)17-15(21)11(3)18-8-6-13(9-18)12(4)20/h5,7,10-13,20H,6,8-9H2,1-4H3,(H,17,21). The molecule has 0 saturated carbocycles. The minimum Gasteiger partial charge on any atom is -0.393 e. The first kappa shape index (κ1) is 16.0. The second-order valence-corrected chi connectivity index (χ2v) is 6.20. The summed E-state index contributed by atoms with van der Waals surface area (Å²) in [5.41, 5.74) is 0. The summed E-state index contributed by atoms with van der Waals surface area (Å²) >= 11 is 0. The molecule has 0 aliphatic carbocycles. The average Bonchev–Trinajstić information content (AvgIpc) is 3.06. The van der Waals surface area contributed by atoms with Crippen molar-refractivity contribution in [1.29, 1.82) is 0 Å². The SMILES string of the molecule is CC(O)C1CCN(C(C)C(=O)Nc2ccnn2C(C)C)C1. The fourth-order valence-corrected chi connectivity index (χ4v) is 2.78. The van der Waals surface area contributed by atoms with Gasteiger partial charge in [0.15, 0.2) is 0 Å². The maximum absolute atomic E-state index is 12.4. The summed E-state index contributed by atoms with van der Waals surface area (Å²) in [5, 5.41) is 16.8. The van der Waals surface area contributed by atoms with Crippen LogP contribution in [0.3, 0.4) is 0 Å². The third-order valence-corrected chi connectivity index (χ3v) is 4.28. The van der Waals surface area contributed by atoms with Gasteiger partial charge in [-0.2, -0.15) is 5.10 Å². The molecule has 1 aromatic rings. The number of carbonyl (C=O) groups excluding carboxylic acids is 1. The number of rotatable bonds is 5. The van der Waals surface area contributed by atoms with E-state index in [4.69, 9.17) is 0 Å². The summed E-state index contributed by atoms with van der Waals surface area (Å²) in [5.74, 6) is 0.971. The first-order chi connectivity index (χ1) is 9.90. The molecule has 21 heavy (non-hydrogen) atoms. The van der Waals surface area contributed by atoms with E-state index in [9.17, 15) is 9.90 Å². The lowest BCUT2D eigenvalue weighted by Gasteiger charge is -2.24. The zero-order valence-electron chi connectivity index (χ0n) is 13.3. The molecule has 0 spiro atoms. The predicted molar refractivity (Wildman–Crippen MR) is 82.1 cm³/mol. The number of aliphatic hydroxyl groups is 1. The molecule has 1 aliphatic heterocycles. The van der Waals surface area contributed by atoms with Crippen molar-refractivity contribution < 1.29 is 9.90 Å². The van der Waals surface area contributed by atoms with E-state index in [2.05, 4.69) is 15.3 Å². The summed E-state index contributed by atoms with van der Waals surface area (Å²) in [6.45, 7) is 9.42. The van der Waals surface area contributed by atoms with E-state index < -0.39 is 0 Å². The summed E-state index contributed by atoms with van der Waals surface area (Å²) in [6.07, 6.45) is 2.33. The molecule has 1 fully saturated rings. The summed E-state index contributed by atoms with van der Waals surface area (Å²) in [6, 6.07) is 1.81. The third-order valence-electron chi connectivity index (χ3n) is 4.28. The lowest BCUT2D eigenvalue weighted by atomic mass is 10.0. The van der Waals surface area contributed by atoms with Crippen LogP contribution in [-0.2, 0) is 4.79 Å². The van der Waals surface area contributed by atoms with Crippen molar-refractivity contribution in [1.82, 2.24) is 14.7 Å². The molecule has 2 heterocycles. The van der Waals surface area contributed by atoms with Crippen LogP contribution in [0.25, 0.3) is 0 Å². The zero-order chi connectivity index (χ0) is 15.6. The van der Waals surface area contributed by atoms with E-state index in [-0.39, 0.29) is 30.0 Å². The molecule has 1 amide bonds. The number of amides is 1. The molecule has 3 unspecified atom stereocenters. The number of hydrogen-bond acceptors (Lipinski definition) is 4. The second kappa shape index (κ2) is 6.58. The Morgan fingerprint density at radius 2 is 2.14 bits per heavy atom. The van der Waals surface area contributed by atoms with Crippen molar-refractivity contribution in [2.24, 2.45) is 5.92 Å². The molecule has 1 aromatic heterocycles. The number of nitrogens with one attached hydrogen (secondary N) is 1. The lowest BCUT2D eigenvalue weighted by molar-refractivity contribution is -0.120. The number of carbonyl (C=O) groups is 1. The van der Waals surface area contributed by atoms with Crippen molar-refractivity contribution in [2.75, 3.05) is 18.4 Å². The minimum atomic E-state index is -0.312. The van der Waals surface area contributed by atoms with E-state index in [0.29, 0.717) is 0 Å². The molecule has 2 N–H and O–H groups in total. The Balaban J connectivity index is 1.96. The Morgan fingerprint density at radius 3 is 2.71 bits per heavy atom. The smallest absolute Gasteiger partial charge is 0.242 e. The van der Waals surface area contributed by atoms with Crippen molar-refractivity contribution in [3.8, 4) is 0 Å². The van der Waals surface area contributed by atoms with Gasteiger partial charge in [0.25, 0.3) is 0 Å². The quantitative estimate of drug-likeness (QED) is 0.863.